The number of aromatic carboxylic acids is 1. The quantitative estimate of drug-likeness (QED) is 0.777. The zero-order valence-corrected chi connectivity index (χ0v) is 17.8. The lowest BCUT2D eigenvalue weighted by atomic mass is 10.1. The molecule has 2 aromatic rings. The van der Waals surface area contributed by atoms with Gasteiger partial charge >= 0.3 is 5.97 Å². The molecule has 0 bridgehead atoms. The predicted molar refractivity (Wildman–Crippen MR) is 114 cm³/mol. The number of likely N-dealkylation sites (N-methyl/N-ethyl adjacent to an activating group) is 1. The number of anilines is 2. The van der Waals surface area contributed by atoms with E-state index >= 15 is 0 Å². The maximum atomic E-state index is 12.9. The van der Waals surface area contributed by atoms with Crippen molar-refractivity contribution in [3.05, 3.63) is 53.1 Å². The number of nitrogens with zero attached hydrogens (tertiary/aromatic N) is 2. The topological polar surface area (TPSA) is 90.0 Å². The summed E-state index contributed by atoms with van der Waals surface area (Å²) in [7, 11) is -1.84. The van der Waals surface area contributed by atoms with E-state index in [9.17, 15) is 18.3 Å². The van der Waals surface area contributed by atoms with Crippen molar-refractivity contribution in [1.82, 2.24) is 4.90 Å². The predicted octanol–water partition coefficient (Wildman–Crippen LogP) is 2.94. The average Bonchev–Trinajstić information content (AvgIpc) is 2.88. The van der Waals surface area contributed by atoms with Crippen LogP contribution in [0.4, 0.5) is 11.4 Å². The second-order valence-corrected chi connectivity index (χ2v) is 9.20. The summed E-state index contributed by atoms with van der Waals surface area (Å²) in [6, 6.07) is 10.0. The minimum absolute atomic E-state index is 0.0611. The minimum Gasteiger partial charge on any atom is -0.478 e. The van der Waals surface area contributed by atoms with Crippen LogP contribution in [0.25, 0.3) is 0 Å². The fourth-order valence-corrected chi connectivity index (χ4v) is 4.91. The van der Waals surface area contributed by atoms with Gasteiger partial charge in [0.15, 0.2) is 0 Å². The van der Waals surface area contributed by atoms with Gasteiger partial charge in [-0.15, -0.1) is 0 Å². The molecule has 0 aliphatic carbocycles. The second kappa shape index (κ2) is 8.42. The van der Waals surface area contributed by atoms with E-state index in [1.807, 2.05) is 13.0 Å². The lowest BCUT2D eigenvalue weighted by Gasteiger charge is -2.24. The number of benzene rings is 2. The lowest BCUT2D eigenvalue weighted by Crippen LogP contribution is -2.29. The van der Waals surface area contributed by atoms with Crippen molar-refractivity contribution < 1.29 is 18.3 Å². The van der Waals surface area contributed by atoms with Crippen LogP contribution in [0.3, 0.4) is 0 Å². The van der Waals surface area contributed by atoms with E-state index in [2.05, 4.69) is 21.6 Å². The Hall–Kier alpha value is -2.58. The van der Waals surface area contributed by atoms with E-state index in [-0.39, 0.29) is 16.1 Å². The van der Waals surface area contributed by atoms with Crippen LogP contribution in [0.15, 0.2) is 41.3 Å². The van der Waals surface area contributed by atoms with Crippen LogP contribution in [0.1, 0.15) is 27.9 Å². The Morgan fingerprint density at radius 1 is 1.03 bits per heavy atom. The summed E-state index contributed by atoms with van der Waals surface area (Å²) in [6.07, 6.45) is 0.986. The summed E-state index contributed by atoms with van der Waals surface area (Å²) in [6.45, 7) is 7.04. The fourth-order valence-electron chi connectivity index (χ4n) is 3.50. The third-order valence-corrected chi connectivity index (χ3v) is 6.70. The van der Waals surface area contributed by atoms with Crippen LogP contribution in [0.5, 0.6) is 0 Å². The highest BCUT2D eigenvalue weighted by molar-refractivity contribution is 7.92. The highest BCUT2D eigenvalue weighted by Gasteiger charge is 2.22. The zero-order chi connectivity index (χ0) is 21.2. The van der Waals surface area contributed by atoms with Gasteiger partial charge in [0.2, 0.25) is 0 Å². The first-order chi connectivity index (χ1) is 13.7. The Bertz CT molecular complexity index is 1020. The number of nitrogens with one attached hydrogen (secondary N) is 1. The smallest absolute Gasteiger partial charge is 0.337 e. The first-order valence-electron chi connectivity index (χ1n) is 9.58. The van der Waals surface area contributed by atoms with Crippen molar-refractivity contribution in [3.8, 4) is 0 Å². The molecular formula is C21H27N3O4S. The molecule has 1 aliphatic heterocycles. The van der Waals surface area contributed by atoms with Crippen molar-refractivity contribution in [2.75, 3.05) is 42.8 Å². The molecule has 3 rings (SSSR count). The molecule has 0 amide bonds. The van der Waals surface area contributed by atoms with Crippen molar-refractivity contribution in [2.24, 2.45) is 0 Å². The van der Waals surface area contributed by atoms with Gasteiger partial charge in [-0.25, -0.2) is 13.2 Å². The molecule has 0 atom stereocenters. The molecule has 2 N–H and O–H groups in total. The lowest BCUT2D eigenvalue weighted by molar-refractivity contribution is 0.0698. The maximum absolute atomic E-state index is 12.9. The van der Waals surface area contributed by atoms with Gasteiger partial charge in [0.05, 0.1) is 16.1 Å². The van der Waals surface area contributed by atoms with Crippen molar-refractivity contribution in [1.29, 1.82) is 0 Å². The molecule has 8 heteroatoms. The average molecular weight is 418 g/mol. The number of hydrogen-bond acceptors (Lipinski definition) is 5. The molecule has 0 spiro atoms. The molecule has 156 valence electrons. The van der Waals surface area contributed by atoms with Crippen LogP contribution in [0.2, 0.25) is 0 Å². The van der Waals surface area contributed by atoms with Crippen LogP contribution in [-0.4, -0.2) is 57.6 Å². The zero-order valence-electron chi connectivity index (χ0n) is 17.0. The summed E-state index contributed by atoms with van der Waals surface area (Å²) < 4.78 is 28.3. The summed E-state index contributed by atoms with van der Waals surface area (Å²) in [5.74, 6) is -1.17. The highest BCUT2D eigenvalue weighted by Crippen LogP contribution is 2.27. The van der Waals surface area contributed by atoms with Gasteiger partial charge in [-0.3, -0.25) is 4.72 Å². The van der Waals surface area contributed by atoms with Gasteiger partial charge in [0.1, 0.15) is 0 Å². The van der Waals surface area contributed by atoms with Gasteiger partial charge < -0.3 is 14.9 Å². The number of carboxylic acid groups (broad SMARTS) is 1. The Kier molecular flexibility index (Phi) is 6.14. The molecule has 1 fully saturated rings. The van der Waals surface area contributed by atoms with E-state index in [4.69, 9.17) is 0 Å². The number of carboxylic acids is 1. The molecular weight excluding hydrogens is 390 g/mol. The first-order valence-corrected chi connectivity index (χ1v) is 11.1. The van der Waals surface area contributed by atoms with Gasteiger partial charge in [0, 0.05) is 25.3 Å². The first kappa shape index (κ1) is 21.1. The maximum Gasteiger partial charge on any atom is 0.337 e. The number of carbonyl (C=O) groups is 1. The summed E-state index contributed by atoms with van der Waals surface area (Å²) >= 11 is 0. The molecule has 1 heterocycles. The van der Waals surface area contributed by atoms with E-state index in [1.54, 1.807) is 31.2 Å². The molecule has 0 saturated carbocycles. The van der Waals surface area contributed by atoms with E-state index in [0.29, 0.717) is 5.56 Å². The molecule has 0 aromatic heterocycles. The van der Waals surface area contributed by atoms with Gasteiger partial charge in [-0.2, -0.15) is 0 Å². The molecule has 0 unspecified atom stereocenters. The molecule has 2 aromatic carbocycles. The van der Waals surface area contributed by atoms with E-state index in [0.717, 1.165) is 43.9 Å². The van der Waals surface area contributed by atoms with Gasteiger partial charge in [-0.05, 0) is 69.3 Å². The molecule has 1 saturated heterocycles. The number of sulfonamides is 1. The molecule has 29 heavy (non-hydrogen) atoms. The largest absolute Gasteiger partial charge is 0.478 e. The fraction of sp³-hybridized carbons (Fsp3) is 0.381. The van der Waals surface area contributed by atoms with E-state index < -0.39 is 16.0 Å². The van der Waals surface area contributed by atoms with Crippen molar-refractivity contribution in [2.45, 2.75) is 25.2 Å². The molecule has 7 nitrogen and oxygen atoms in total. The number of rotatable bonds is 5. The molecule has 1 aliphatic rings. The Morgan fingerprint density at radius 3 is 2.52 bits per heavy atom. The van der Waals surface area contributed by atoms with Crippen molar-refractivity contribution >= 4 is 27.4 Å². The summed E-state index contributed by atoms with van der Waals surface area (Å²) in [4.78, 5) is 16.4. The Labute approximate surface area is 172 Å². The van der Waals surface area contributed by atoms with Crippen LogP contribution in [0, 0.1) is 13.8 Å². The third-order valence-electron chi connectivity index (χ3n) is 5.20. The van der Waals surface area contributed by atoms with Crippen LogP contribution in [-0.2, 0) is 10.0 Å². The standard InChI is InChI=1S/C21H27N3O4S/c1-15-5-6-16(2)20(13-15)29(27,28)22-19-8-7-17(14-18(19)21(25)26)24-10-4-9-23(3)11-12-24/h5-8,13-14,22H,4,9-12H2,1-3H3,(H,25,26). The SMILES string of the molecule is Cc1ccc(C)c(S(=O)(=O)Nc2ccc(N3CCCN(C)CC3)cc2C(=O)O)c1. The highest BCUT2D eigenvalue weighted by atomic mass is 32.2. The van der Waals surface area contributed by atoms with Gasteiger partial charge in [0.25, 0.3) is 10.0 Å². The Balaban J connectivity index is 1.93. The van der Waals surface area contributed by atoms with Crippen LogP contribution < -0.4 is 9.62 Å². The summed E-state index contributed by atoms with van der Waals surface area (Å²) in [5, 5.41) is 9.69. The minimum atomic E-state index is -3.91. The third kappa shape index (κ3) is 4.89. The van der Waals surface area contributed by atoms with Crippen LogP contribution >= 0.6 is 0 Å². The van der Waals surface area contributed by atoms with E-state index in [1.165, 1.54) is 6.07 Å². The van der Waals surface area contributed by atoms with Gasteiger partial charge in [-0.1, -0.05) is 12.1 Å². The number of aryl methyl sites for hydroxylation is 2. The van der Waals surface area contributed by atoms with Crippen molar-refractivity contribution in [3.63, 3.8) is 0 Å². The normalized spacial score (nSPS) is 15.8. The Morgan fingerprint density at radius 2 is 1.79 bits per heavy atom. The summed E-state index contributed by atoms with van der Waals surface area (Å²) in [5.41, 5.74) is 2.21. The number of hydrogen-bond donors (Lipinski definition) is 2. The molecule has 0 radical (unpaired) electrons. The monoisotopic (exact) mass is 417 g/mol. The second-order valence-electron chi connectivity index (χ2n) is 7.55.